The average molecular weight is 417 g/mol. The van der Waals surface area contributed by atoms with Crippen molar-refractivity contribution in [2.45, 2.75) is 32.4 Å². The molecule has 4 heterocycles. The Morgan fingerprint density at radius 1 is 1.06 bits per heavy atom. The van der Waals surface area contributed by atoms with Gasteiger partial charge < -0.3 is 14.6 Å². The molecule has 0 radical (unpaired) electrons. The van der Waals surface area contributed by atoms with E-state index in [0.29, 0.717) is 17.6 Å². The molecule has 0 aliphatic carbocycles. The van der Waals surface area contributed by atoms with Crippen LogP contribution in [0.3, 0.4) is 0 Å². The third-order valence-corrected chi connectivity index (χ3v) is 5.66. The van der Waals surface area contributed by atoms with Crippen LogP contribution in [0.15, 0.2) is 58.1 Å². The summed E-state index contributed by atoms with van der Waals surface area (Å²) in [6.45, 7) is 2.19. The topological polar surface area (TPSA) is 93.3 Å². The van der Waals surface area contributed by atoms with Gasteiger partial charge in [-0.05, 0) is 37.5 Å². The molecule has 5 rings (SSSR count). The highest BCUT2D eigenvalue weighted by Gasteiger charge is 2.17. The zero-order chi connectivity index (χ0) is 21.2. The summed E-state index contributed by atoms with van der Waals surface area (Å²) in [6.07, 6.45) is 6.73. The molecule has 1 fully saturated rings. The number of furan rings is 1. The lowest BCUT2D eigenvalue weighted by atomic mass is 10.1. The zero-order valence-electron chi connectivity index (χ0n) is 17.1. The van der Waals surface area contributed by atoms with Gasteiger partial charge in [-0.3, -0.25) is 14.2 Å². The Labute approximate surface area is 178 Å². The van der Waals surface area contributed by atoms with Gasteiger partial charge in [-0.2, -0.15) is 0 Å². The summed E-state index contributed by atoms with van der Waals surface area (Å²) in [7, 11) is 0. The van der Waals surface area contributed by atoms with Gasteiger partial charge in [-0.15, -0.1) is 0 Å². The molecule has 0 spiro atoms. The van der Waals surface area contributed by atoms with Gasteiger partial charge in [-0.25, -0.2) is 9.97 Å². The van der Waals surface area contributed by atoms with Crippen molar-refractivity contribution in [3.8, 4) is 0 Å². The number of nitrogens with zero attached hydrogens (tertiary/aromatic N) is 4. The molecule has 0 unspecified atom stereocenters. The van der Waals surface area contributed by atoms with Gasteiger partial charge in [0.2, 0.25) is 11.5 Å². The normalized spacial score (nSPS) is 14.3. The summed E-state index contributed by atoms with van der Waals surface area (Å²) in [4.78, 5) is 36.5. The molecule has 1 saturated heterocycles. The number of piperidine rings is 1. The summed E-state index contributed by atoms with van der Waals surface area (Å²) in [5.41, 5.74) is 1.88. The fourth-order valence-corrected chi connectivity index (χ4v) is 4.09. The van der Waals surface area contributed by atoms with Crippen molar-refractivity contribution in [1.29, 1.82) is 0 Å². The maximum Gasteiger partial charge on any atom is 0.297 e. The highest BCUT2D eigenvalue weighted by atomic mass is 16.3. The molecule has 1 aliphatic rings. The minimum absolute atomic E-state index is 0.127. The Hall–Kier alpha value is -3.68. The van der Waals surface area contributed by atoms with E-state index in [1.54, 1.807) is 12.3 Å². The lowest BCUT2D eigenvalue weighted by Gasteiger charge is -2.29. The molecule has 0 saturated carbocycles. The fourth-order valence-electron chi connectivity index (χ4n) is 4.09. The average Bonchev–Trinajstić information content (AvgIpc) is 3.20. The summed E-state index contributed by atoms with van der Waals surface area (Å²) >= 11 is 0. The molecule has 1 N–H and O–H groups in total. The van der Waals surface area contributed by atoms with E-state index in [9.17, 15) is 9.59 Å². The molecule has 8 nitrogen and oxygen atoms in total. The van der Waals surface area contributed by atoms with Gasteiger partial charge in [0, 0.05) is 36.8 Å². The first-order chi connectivity index (χ1) is 15.2. The highest BCUT2D eigenvalue weighted by Crippen LogP contribution is 2.24. The Morgan fingerprint density at radius 2 is 1.90 bits per heavy atom. The second-order valence-corrected chi connectivity index (χ2v) is 7.76. The third-order valence-electron chi connectivity index (χ3n) is 5.66. The van der Waals surface area contributed by atoms with E-state index in [-0.39, 0.29) is 23.6 Å². The van der Waals surface area contributed by atoms with Gasteiger partial charge in [0.1, 0.15) is 23.5 Å². The van der Waals surface area contributed by atoms with Crippen LogP contribution in [0.4, 0.5) is 5.82 Å². The first-order valence-corrected chi connectivity index (χ1v) is 10.5. The molecule has 1 amide bonds. The van der Waals surface area contributed by atoms with Crippen LogP contribution >= 0.6 is 0 Å². The Morgan fingerprint density at radius 3 is 2.77 bits per heavy atom. The summed E-state index contributed by atoms with van der Waals surface area (Å²) in [5.74, 6) is 0.651. The van der Waals surface area contributed by atoms with Crippen LogP contribution in [-0.2, 0) is 17.9 Å². The standard InChI is InChI=1S/C23H23N5O3/c29-19(25-13-16-7-6-10-24-22(16)27-11-4-1-5-12-27)14-28-15-26-20-17-8-2-3-9-18(17)31-21(20)23(28)30/h2-3,6-10,15H,1,4-5,11-14H2,(H,25,29). The van der Waals surface area contributed by atoms with Crippen molar-refractivity contribution < 1.29 is 9.21 Å². The fraction of sp³-hybridized carbons (Fsp3) is 0.304. The van der Waals surface area contributed by atoms with Gasteiger partial charge >= 0.3 is 0 Å². The largest absolute Gasteiger partial charge is 0.448 e. The monoisotopic (exact) mass is 417 g/mol. The predicted molar refractivity (Wildman–Crippen MR) is 118 cm³/mol. The smallest absolute Gasteiger partial charge is 0.297 e. The molecule has 8 heteroatoms. The first kappa shape index (κ1) is 19.3. The van der Waals surface area contributed by atoms with Gasteiger partial charge in [0.05, 0.1) is 6.33 Å². The molecule has 158 valence electrons. The number of carbonyl (C=O) groups is 1. The molecular formula is C23H23N5O3. The Kier molecular flexibility index (Phi) is 5.11. The molecule has 31 heavy (non-hydrogen) atoms. The van der Waals surface area contributed by atoms with Crippen LogP contribution in [0.5, 0.6) is 0 Å². The number of fused-ring (bicyclic) bond motifs is 3. The minimum Gasteiger partial charge on any atom is -0.448 e. The molecule has 1 aromatic carbocycles. The van der Waals surface area contributed by atoms with Crippen LogP contribution in [-0.4, -0.2) is 33.5 Å². The van der Waals surface area contributed by atoms with E-state index < -0.39 is 0 Å². The SMILES string of the molecule is O=C(Cn1cnc2c(oc3ccccc32)c1=O)NCc1cccnc1N1CCCCC1. The third kappa shape index (κ3) is 3.76. The number of benzene rings is 1. The molecule has 4 aromatic rings. The quantitative estimate of drug-likeness (QED) is 0.537. The van der Waals surface area contributed by atoms with E-state index in [2.05, 4.69) is 20.2 Å². The van der Waals surface area contributed by atoms with E-state index in [0.717, 1.165) is 42.7 Å². The van der Waals surface area contributed by atoms with Crippen molar-refractivity contribution >= 4 is 33.8 Å². The minimum atomic E-state index is -0.369. The molecule has 0 atom stereocenters. The molecular weight excluding hydrogens is 394 g/mol. The van der Waals surface area contributed by atoms with E-state index in [4.69, 9.17) is 4.42 Å². The number of para-hydroxylation sites is 1. The van der Waals surface area contributed by atoms with Crippen LogP contribution in [0.1, 0.15) is 24.8 Å². The number of hydrogen-bond donors (Lipinski definition) is 1. The number of pyridine rings is 1. The number of amides is 1. The van der Waals surface area contributed by atoms with Crippen LogP contribution in [0.2, 0.25) is 0 Å². The number of nitrogens with one attached hydrogen (secondary N) is 1. The summed E-state index contributed by atoms with van der Waals surface area (Å²) < 4.78 is 6.95. The maximum absolute atomic E-state index is 12.8. The van der Waals surface area contributed by atoms with Crippen molar-refractivity contribution in [2.75, 3.05) is 18.0 Å². The number of aromatic nitrogens is 3. The second kappa shape index (κ2) is 8.22. The number of hydrogen-bond acceptors (Lipinski definition) is 6. The number of carbonyl (C=O) groups excluding carboxylic acids is 1. The van der Waals surface area contributed by atoms with E-state index in [1.165, 1.54) is 17.3 Å². The Balaban J connectivity index is 1.31. The van der Waals surface area contributed by atoms with Crippen molar-refractivity contribution in [3.63, 3.8) is 0 Å². The zero-order valence-corrected chi connectivity index (χ0v) is 17.1. The van der Waals surface area contributed by atoms with Crippen LogP contribution in [0.25, 0.3) is 22.1 Å². The van der Waals surface area contributed by atoms with E-state index >= 15 is 0 Å². The summed E-state index contributed by atoms with van der Waals surface area (Å²) in [5, 5.41) is 3.69. The first-order valence-electron chi connectivity index (χ1n) is 10.5. The number of anilines is 1. The van der Waals surface area contributed by atoms with Crippen LogP contribution in [0, 0.1) is 0 Å². The number of rotatable bonds is 5. The predicted octanol–water partition coefficient (Wildman–Crippen LogP) is 2.84. The van der Waals surface area contributed by atoms with Crippen molar-refractivity contribution in [2.24, 2.45) is 0 Å². The summed E-state index contributed by atoms with van der Waals surface area (Å²) in [6, 6.07) is 11.2. The lowest BCUT2D eigenvalue weighted by molar-refractivity contribution is -0.121. The van der Waals surface area contributed by atoms with Gasteiger partial charge in [0.15, 0.2) is 0 Å². The van der Waals surface area contributed by atoms with Crippen LogP contribution < -0.4 is 15.8 Å². The molecule has 3 aromatic heterocycles. The van der Waals surface area contributed by atoms with Gasteiger partial charge in [-0.1, -0.05) is 18.2 Å². The van der Waals surface area contributed by atoms with Gasteiger partial charge in [0.25, 0.3) is 5.56 Å². The molecule has 0 bridgehead atoms. The van der Waals surface area contributed by atoms with Crippen molar-refractivity contribution in [3.05, 3.63) is 64.8 Å². The lowest BCUT2D eigenvalue weighted by Crippen LogP contribution is -2.34. The highest BCUT2D eigenvalue weighted by molar-refractivity contribution is 6.01. The molecule has 1 aliphatic heterocycles. The maximum atomic E-state index is 12.8. The van der Waals surface area contributed by atoms with E-state index in [1.807, 2.05) is 30.3 Å². The second-order valence-electron chi connectivity index (χ2n) is 7.76. The van der Waals surface area contributed by atoms with Crippen molar-refractivity contribution in [1.82, 2.24) is 19.9 Å². The Bertz CT molecular complexity index is 1300.